The average Bonchev–Trinajstić information content (AvgIpc) is 2.61. The molecule has 0 saturated carbocycles. The number of methoxy groups -OCH3 is 1. The number of benzene rings is 2. The molecule has 0 fully saturated rings. The molecule has 1 heterocycles. The first-order valence-corrected chi connectivity index (χ1v) is 7.54. The number of halogens is 1. The highest BCUT2D eigenvalue weighted by atomic mass is 19.1. The number of hydrogen-bond donors (Lipinski definition) is 0. The molecule has 2 aromatic carbocycles. The van der Waals surface area contributed by atoms with Crippen LogP contribution in [0.25, 0.3) is 22.2 Å². The maximum atomic E-state index is 13.1. The highest BCUT2D eigenvalue weighted by Gasteiger charge is 2.12. The summed E-state index contributed by atoms with van der Waals surface area (Å²) in [5.74, 6) is -0.0955. The Morgan fingerprint density at radius 1 is 1.12 bits per heavy atom. The first kappa shape index (κ1) is 15.9. The summed E-state index contributed by atoms with van der Waals surface area (Å²) in [5.41, 5.74) is 2.59. The minimum absolute atomic E-state index is 0.299. The van der Waals surface area contributed by atoms with Gasteiger partial charge in [-0.2, -0.15) is 0 Å². The van der Waals surface area contributed by atoms with E-state index < -0.39 is 5.97 Å². The van der Waals surface area contributed by atoms with Gasteiger partial charge in [-0.05, 0) is 49.4 Å². The zero-order valence-corrected chi connectivity index (χ0v) is 13.4. The Morgan fingerprint density at radius 3 is 2.54 bits per heavy atom. The van der Waals surface area contributed by atoms with Gasteiger partial charge in [-0.1, -0.05) is 0 Å². The number of hydrogen-bond acceptors (Lipinski definition) is 4. The summed E-state index contributed by atoms with van der Waals surface area (Å²) >= 11 is 0. The van der Waals surface area contributed by atoms with E-state index in [0.29, 0.717) is 29.1 Å². The van der Waals surface area contributed by atoms with Crippen LogP contribution in [-0.4, -0.2) is 24.7 Å². The van der Waals surface area contributed by atoms with Gasteiger partial charge in [0.25, 0.3) is 0 Å². The van der Waals surface area contributed by atoms with Crippen molar-refractivity contribution < 1.29 is 18.7 Å². The van der Waals surface area contributed by atoms with Gasteiger partial charge in [0, 0.05) is 17.0 Å². The van der Waals surface area contributed by atoms with Crippen LogP contribution in [0.1, 0.15) is 17.3 Å². The van der Waals surface area contributed by atoms with Gasteiger partial charge in [-0.25, -0.2) is 14.2 Å². The van der Waals surface area contributed by atoms with Crippen molar-refractivity contribution in [1.29, 1.82) is 0 Å². The molecule has 0 radical (unpaired) electrons. The Hall–Kier alpha value is -2.95. The van der Waals surface area contributed by atoms with Crippen LogP contribution in [0.4, 0.5) is 4.39 Å². The second kappa shape index (κ2) is 6.66. The highest BCUT2D eigenvalue weighted by Crippen LogP contribution is 2.31. The summed E-state index contributed by atoms with van der Waals surface area (Å²) < 4.78 is 23.6. The number of fused-ring (bicyclic) bond motifs is 1. The van der Waals surface area contributed by atoms with Crippen molar-refractivity contribution in [3.8, 4) is 17.0 Å². The first-order valence-electron chi connectivity index (χ1n) is 7.54. The number of aromatic nitrogens is 1. The Balaban J connectivity index is 2.17. The molecule has 0 bridgehead atoms. The van der Waals surface area contributed by atoms with Crippen molar-refractivity contribution in [2.75, 3.05) is 13.7 Å². The number of esters is 1. The fourth-order valence-electron chi connectivity index (χ4n) is 2.48. The van der Waals surface area contributed by atoms with Gasteiger partial charge in [-0.15, -0.1) is 0 Å². The van der Waals surface area contributed by atoms with Gasteiger partial charge >= 0.3 is 5.97 Å². The molecule has 1 aromatic heterocycles. The average molecular weight is 325 g/mol. The van der Waals surface area contributed by atoms with Gasteiger partial charge in [-0.3, -0.25) is 0 Å². The summed E-state index contributed by atoms with van der Waals surface area (Å²) in [6, 6.07) is 13.0. The van der Waals surface area contributed by atoms with Crippen molar-refractivity contribution >= 4 is 16.9 Å². The summed E-state index contributed by atoms with van der Waals surface area (Å²) in [7, 11) is 1.34. The van der Waals surface area contributed by atoms with E-state index in [1.54, 1.807) is 36.4 Å². The molecule has 0 aliphatic rings. The Morgan fingerprint density at radius 2 is 1.88 bits per heavy atom. The summed E-state index contributed by atoms with van der Waals surface area (Å²) in [4.78, 5) is 16.3. The van der Waals surface area contributed by atoms with E-state index in [0.717, 1.165) is 10.9 Å². The molecule has 0 aliphatic heterocycles. The molecule has 0 saturated heterocycles. The molecule has 5 heteroatoms. The lowest BCUT2D eigenvalue weighted by Crippen LogP contribution is -2.02. The zero-order valence-electron chi connectivity index (χ0n) is 13.4. The largest absolute Gasteiger partial charge is 0.493 e. The van der Waals surface area contributed by atoms with Gasteiger partial charge in [0.2, 0.25) is 0 Å². The van der Waals surface area contributed by atoms with Crippen molar-refractivity contribution in [3.05, 3.63) is 59.9 Å². The minimum atomic E-state index is -0.415. The smallest absolute Gasteiger partial charge is 0.337 e. The van der Waals surface area contributed by atoms with Gasteiger partial charge in [0.05, 0.1) is 30.5 Å². The maximum absolute atomic E-state index is 13.1. The van der Waals surface area contributed by atoms with E-state index in [-0.39, 0.29) is 5.82 Å². The van der Waals surface area contributed by atoms with Crippen LogP contribution in [0.5, 0.6) is 5.75 Å². The van der Waals surface area contributed by atoms with E-state index in [1.807, 2.05) is 6.92 Å². The third-order valence-electron chi connectivity index (χ3n) is 3.63. The van der Waals surface area contributed by atoms with Crippen LogP contribution in [-0.2, 0) is 4.74 Å². The molecular weight excluding hydrogens is 309 g/mol. The van der Waals surface area contributed by atoms with Crippen LogP contribution >= 0.6 is 0 Å². The van der Waals surface area contributed by atoms with E-state index in [4.69, 9.17) is 9.47 Å². The van der Waals surface area contributed by atoms with Crippen LogP contribution in [0.3, 0.4) is 0 Å². The van der Waals surface area contributed by atoms with E-state index in [9.17, 15) is 9.18 Å². The lowest BCUT2D eigenvalue weighted by Gasteiger charge is -2.11. The fourth-order valence-corrected chi connectivity index (χ4v) is 2.48. The monoisotopic (exact) mass is 325 g/mol. The Kier molecular flexibility index (Phi) is 4.42. The third kappa shape index (κ3) is 3.06. The SMILES string of the molecule is CCOc1cc(-c2ccc(F)cc2)nc2ccc(C(=O)OC)cc12. The summed E-state index contributed by atoms with van der Waals surface area (Å²) in [6.07, 6.45) is 0. The molecule has 0 N–H and O–H groups in total. The lowest BCUT2D eigenvalue weighted by molar-refractivity contribution is 0.0601. The minimum Gasteiger partial charge on any atom is -0.493 e. The molecule has 0 atom stereocenters. The number of nitrogens with zero attached hydrogens (tertiary/aromatic N) is 1. The summed E-state index contributed by atoms with van der Waals surface area (Å²) in [6.45, 7) is 2.36. The third-order valence-corrected chi connectivity index (χ3v) is 3.63. The number of carbonyl (C=O) groups excluding carboxylic acids is 1. The fraction of sp³-hybridized carbons (Fsp3) is 0.158. The molecule has 0 aliphatic carbocycles. The van der Waals surface area contributed by atoms with E-state index >= 15 is 0 Å². The van der Waals surface area contributed by atoms with E-state index in [2.05, 4.69) is 4.98 Å². The Labute approximate surface area is 138 Å². The van der Waals surface area contributed by atoms with Crippen LogP contribution in [0, 0.1) is 5.82 Å². The molecule has 4 nitrogen and oxygen atoms in total. The second-order valence-corrected chi connectivity index (χ2v) is 5.17. The van der Waals surface area contributed by atoms with Crippen molar-refractivity contribution in [3.63, 3.8) is 0 Å². The van der Waals surface area contributed by atoms with Gasteiger partial charge < -0.3 is 9.47 Å². The lowest BCUT2D eigenvalue weighted by atomic mass is 10.1. The Bertz CT molecular complexity index is 891. The zero-order chi connectivity index (χ0) is 17.1. The van der Waals surface area contributed by atoms with Crippen molar-refractivity contribution in [2.45, 2.75) is 6.92 Å². The number of carbonyl (C=O) groups is 1. The molecule has 0 spiro atoms. The van der Waals surface area contributed by atoms with E-state index in [1.165, 1.54) is 19.2 Å². The molecule has 3 aromatic rings. The quantitative estimate of drug-likeness (QED) is 0.674. The van der Waals surface area contributed by atoms with Crippen molar-refractivity contribution in [2.24, 2.45) is 0 Å². The molecule has 3 rings (SSSR count). The number of rotatable bonds is 4. The maximum Gasteiger partial charge on any atom is 0.337 e. The van der Waals surface area contributed by atoms with Crippen LogP contribution < -0.4 is 4.74 Å². The number of pyridine rings is 1. The highest BCUT2D eigenvalue weighted by molar-refractivity contribution is 5.97. The van der Waals surface area contributed by atoms with Gasteiger partial charge in [0.1, 0.15) is 11.6 Å². The summed E-state index contributed by atoms with van der Waals surface area (Å²) in [5, 5.41) is 0.727. The molecule has 24 heavy (non-hydrogen) atoms. The predicted octanol–water partition coefficient (Wildman–Crippen LogP) is 4.23. The normalized spacial score (nSPS) is 10.6. The van der Waals surface area contributed by atoms with Crippen LogP contribution in [0.15, 0.2) is 48.5 Å². The molecule has 0 amide bonds. The molecular formula is C19H16FNO3. The van der Waals surface area contributed by atoms with Crippen LogP contribution in [0.2, 0.25) is 0 Å². The first-order chi connectivity index (χ1) is 11.6. The number of ether oxygens (including phenoxy) is 2. The molecule has 0 unspecified atom stereocenters. The standard InChI is InChI=1S/C19H16FNO3/c1-3-24-18-11-17(12-4-7-14(20)8-5-12)21-16-9-6-13(10-15(16)18)19(22)23-2/h4-11H,3H2,1-2H3. The second-order valence-electron chi connectivity index (χ2n) is 5.17. The van der Waals surface area contributed by atoms with Gasteiger partial charge in [0.15, 0.2) is 0 Å². The van der Waals surface area contributed by atoms with Crippen molar-refractivity contribution in [1.82, 2.24) is 4.98 Å². The topological polar surface area (TPSA) is 48.4 Å². The predicted molar refractivity (Wildman–Crippen MR) is 89.6 cm³/mol. The molecule has 122 valence electrons.